The van der Waals surface area contributed by atoms with E-state index in [0.29, 0.717) is 6.04 Å². The van der Waals surface area contributed by atoms with E-state index in [0.717, 1.165) is 23.4 Å². The molecule has 0 aromatic heterocycles. The van der Waals surface area contributed by atoms with Crippen LogP contribution in [0.15, 0.2) is 29.2 Å². The minimum Gasteiger partial charge on any atom is -0.382 e. The molecule has 0 saturated heterocycles. The summed E-state index contributed by atoms with van der Waals surface area (Å²) in [4.78, 5) is 0.880. The van der Waals surface area contributed by atoms with Gasteiger partial charge < -0.3 is 5.32 Å². The Balaban J connectivity index is 2.67. The maximum absolute atomic E-state index is 11.2. The van der Waals surface area contributed by atoms with Gasteiger partial charge in [-0.1, -0.05) is 13.8 Å². The normalized spacial score (nSPS) is 12.8. The molecule has 2 nitrogen and oxygen atoms in total. The Bertz CT molecular complexity index is 317. The van der Waals surface area contributed by atoms with Gasteiger partial charge in [0, 0.05) is 33.7 Å². The second-order valence-electron chi connectivity index (χ2n) is 3.64. The number of nitrogens with one attached hydrogen (secondary N) is 1. The lowest BCUT2D eigenvalue weighted by atomic mass is 10.1. The van der Waals surface area contributed by atoms with Crippen molar-refractivity contribution >= 4 is 16.5 Å². The maximum Gasteiger partial charge on any atom is 0.0498 e. The van der Waals surface area contributed by atoms with Gasteiger partial charge in [0.25, 0.3) is 0 Å². The molecule has 0 heterocycles. The van der Waals surface area contributed by atoms with Crippen molar-refractivity contribution in [3.8, 4) is 0 Å². The van der Waals surface area contributed by atoms with Crippen LogP contribution in [0.3, 0.4) is 0 Å². The average Bonchev–Trinajstić information content (AvgIpc) is 2.26. The third kappa shape index (κ3) is 3.67. The summed E-state index contributed by atoms with van der Waals surface area (Å²) >= 11 is 0. The Hall–Kier alpha value is -0.830. The largest absolute Gasteiger partial charge is 0.382 e. The first-order chi connectivity index (χ1) is 7.17. The monoisotopic (exact) mass is 225 g/mol. The summed E-state index contributed by atoms with van der Waals surface area (Å²) in [6.07, 6.45) is 3.94. The van der Waals surface area contributed by atoms with Crippen molar-refractivity contribution in [3.05, 3.63) is 24.3 Å². The molecule has 3 heteroatoms. The van der Waals surface area contributed by atoms with E-state index >= 15 is 0 Å². The zero-order valence-corrected chi connectivity index (χ0v) is 10.4. The molecule has 0 spiro atoms. The van der Waals surface area contributed by atoms with Gasteiger partial charge in [-0.3, -0.25) is 4.21 Å². The molecule has 1 rings (SSSR count). The molecule has 1 N–H and O–H groups in total. The summed E-state index contributed by atoms with van der Waals surface area (Å²) in [5.41, 5.74) is 1.11. The highest BCUT2D eigenvalue weighted by Gasteiger charge is 2.03. The Morgan fingerprint density at radius 3 is 2.13 bits per heavy atom. The van der Waals surface area contributed by atoms with Crippen LogP contribution >= 0.6 is 0 Å². The second-order valence-corrected chi connectivity index (χ2v) is 5.02. The van der Waals surface area contributed by atoms with Gasteiger partial charge >= 0.3 is 0 Å². The Morgan fingerprint density at radius 1 is 1.20 bits per heavy atom. The van der Waals surface area contributed by atoms with E-state index in [9.17, 15) is 4.21 Å². The molecule has 0 radical (unpaired) electrons. The van der Waals surface area contributed by atoms with Gasteiger partial charge in [-0.15, -0.1) is 0 Å². The lowest BCUT2D eigenvalue weighted by Crippen LogP contribution is -2.16. The van der Waals surface area contributed by atoms with Crippen LogP contribution in [0, 0.1) is 0 Å². The van der Waals surface area contributed by atoms with Crippen LogP contribution in [0.4, 0.5) is 5.69 Å². The summed E-state index contributed by atoms with van der Waals surface area (Å²) < 4.78 is 11.2. The predicted molar refractivity (Wildman–Crippen MR) is 66.8 cm³/mol. The molecule has 1 aromatic rings. The molecule has 84 valence electrons. The molecule has 0 aliphatic heterocycles. The average molecular weight is 225 g/mol. The number of hydrogen-bond donors (Lipinski definition) is 1. The predicted octanol–water partition coefficient (Wildman–Crippen LogP) is 3.02. The van der Waals surface area contributed by atoms with Gasteiger partial charge in [0.15, 0.2) is 0 Å². The van der Waals surface area contributed by atoms with E-state index in [-0.39, 0.29) is 0 Å². The van der Waals surface area contributed by atoms with E-state index in [1.807, 2.05) is 24.3 Å². The standard InChI is InChI=1S/C12H19NOS/c1-4-10(5-2)13-11-6-8-12(9-7-11)15(3)14/h6-10,13H,4-5H2,1-3H3/t15-/m0/s1. The number of hydrogen-bond acceptors (Lipinski definition) is 2. The van der Waals surface area contributed by atoms with Crippen LogP contribution in [0.2, 0.25) is 0 Å². The van der Waals surface area contributed by atoms with E-state index in [1.54, 1.807) is 6.26 Å². The van der Waals surface area contributed by atoms with Gasteiger partial charge in [0.2, 0.25) is 0 Å². The molecule has 0 amide bonds. The fourth-order valence-electron chi connectivity index (χ4n) is 1.47. The molecule has 0 unspecified atom stereocenters. The first-order valence-electron chi connectivity index (χ1n) is 5.37. The lowest BCUT2D eigenvalue weighted by molar-refractivity contribution is 0.671. The summed E-state index contributed by atoms with van der Waals surface area (Å²) in [6.45, 7) is 4.35. The van der Waals surface area contributed by atoms with Crippen LogP contribution in [-0.4, -0.2) is 16.5 Å². The summed E-state index contributed by atoms with van der Waals surface area (Å²) in [5, 5.41) is 3.45. The highest BCUT2D eigenvalue weighted by Crippen LogP contribution is 2.14. The van der Waals surface area contributed by atoms with Crippen molar-refractivity contribution in [1.82, 2.24) is 0 Å². The van der Waals surface area contributed by atoms with Crippen molar-refractivity contribution in [1.29, 1.82) is 0 Å². The smallest absolute Gasteiger partial charge is 0.0498 e. The topological polar surface area (TPSA) is 29.1 Å². The van der Waals surface area contributed by atoms with Crippen LogP contribution < -0.4 is 5.32 Å². The molecular formula is C12H19NOS. The molecule has 1 atom stereocenters. The first-order valence-corrected chi connectivity index (χ1v) is 6.93. The maximum atomic E-state index is 11.2. The lowest BCUT2D eigenvalue weighted by Gasteiger charge is -2.16. The fraction of sp³-hybridized carbons (Fsp3) is 0.500. The Morgan fingerprint density at radius 2 is 1.73 bits per heavy atom. The van der Waals surface area contributed by atoms with Crippen molar-refractivity contribution in [3.63, 3.8) is 0 Å². The molecule has 15 heavy (non-hydrogen) atoms. The van der Waals surface area contributed by atoms with E-state index in [4.69, 9.17) is 0 Å². The quantitative estimate of drug-likeness (QED) is 0.834. The fourth-order valence-corrected chi connectivity index (χ4v) is 1.99. The molecule has 0 saturated carbocycles. The van der Waals surface area contributed by atoms with E-state index in [2.05, 4.69) is 19.2 Å². The minimum atomic E-state index is -0.881. The zero-order chi connectivity index (χ0) is 11.3. The van der Waals surface area contributed by atoms with Gasteiger partial charge in [-0.25, -0.2) is 0 Å². The van der Waals surface area contributed by atoms with E-state index in [1.165, 1.54) is 0 Å². The third-order valence-corrected chi connectivity index (χ3v) is 3.48. The van der Waals surface area contributed by atoms with Crippen LogP contribution in [0.1, 0.15) is 26.7 Å². The molecule has 0 bridgehead atoms. The van der Waals surface area contributed by atoms with Gasteiger partial charge in [-0.05, 0) is 37.1 Å². The van der Waals surface area contributed by atoms with Crippen LogP contribution in [-0.2, 0) is 10.8 Å². The molecule has 0 aliphatic rings. The summed E-state index contributed by atoms with van der Waals surface area (Å²) in [5.74, 6) is 0. The zero-order valence-electron chi connectivity index (χ0n) is 9.62. The van der Waals surface area contributed by atoms with Crippen molar-refractivity contribution in [2.45, 2.75) is 37.6 Å². The van der Waals surface area contributed by atoms with Gasteiger partial charge in [-0.2, -0.15) is 0 Å². The SMILES string of the molecule is CCC(CC)Nc1ccc([S@](C)=O)cc1. The van der Waals surface area contributed by atoms with Crippen molar-refractivity contribution in [2.24, 2.45) is 0 Å². The Labute approximate surface area is 94.5 Å². The molecular weight excluding hydrogens is 206 g/mol. The summed E-state index contributed by atoms with van der Waals surface area (Å²) in [6, 6.07) is 8.36. The first kappa shape index (κ1) is 12.2. The van der Waals surface area contributed by atoms with Crippen molar-refractivity contribution in [2.75, 3.05) is 11.6 Å². The van der Waals surface area contributed by atoms with E-state index < -0.39 is 10.8 Å². The van der Waals surface area contributed by atoms with Crippen LogP contribution in [0.25, 0.3) is 0 Å². The highest BCUT2D eigenvalue weighted by molar-refractivity contribution is 7.84. The number of rotatable bonds is 5. The number of anilines is 1. The second kappa shape index (κ2) is 5.91. The van der Waals surface area contributed by atoms with Crippen molar-refractivity contribution < 1.29 is 4.21 Å². The van der Waals surface area contributed by atoms with Gasteiger partial charge in [0.05, 0.1) is 0 Å². The Kier molecular flexibility index (Phi) is 4.82. The molecule has 0 aliphatic carbocycles. The van der Waals surface area contributed by atoms with Gasteiger partial charge in [0.1, 0.15) is 0 Å². The molecule has 0 fully saturated rings. The number of benzene rings is 1. The summed E-state index contributed by atoms with van der Waals surface area (Å²) in [7, 11) is -0.881. The minimum absolute atomic E-state index is 0.531. The highest BCUT2D eigenvalue weighted by atomic mass is 32.2. The van der Waals surface area contributed by atoms with Crippen LogP contribution in [0.5, 0.6) is 0 Å². The third-order valence-electron chi connectivity index (χ3n) is 2.54. The molecule has 1 aromatic carbocycles.